The van der Waals surface area contributed by atoms with Crippen molar-refractivity contribution in [2.45, 2.75) is 31.6 Å². The topological polar surface area (TPSA) is 29.5 Å². The monoisotopic (exact) mass is 220 g/mol. The van der Waals surface area contributed by atoms with E-state index >= 15 is 0 Å². The Morgan fingerprint density at radius 1 is 1.19 bits per heavy atom. The maximum atomic E-state index is 9.44. The summed E-state index contributed by atoms with van der Waals surface area (Å²) >= 11 is 0. The lowest BCUT2D eigenvalue weighted by atomic mass is 9.78. The van der Waals surface area contributed by atoms with E-state index in [1.807, 2.05) is 0 Å². The summed E-state index contributed by atoms with van der Waals surface area (Å²) in [4.78, 5) is 0. The highest BCUT2D eigenvalue weighted by Gasteiger charge is 2.39. The van der Waals surface area contributed by atoms with E-state index in [2.05, 4.69) is 45.0 Å². The van der Waals surface area contributed by atoms with Gasteiger partial charge in [0, 0.05) is 0 Å². The van der Waals surface area contributed by atoms with Gasteiger partial charge in [-0.2, -0.15) is 0 Å². The van der Waals surface area contributed by atoms with E-state index < -0.39 is 0 Å². The summed E-state index contributed by atoms with van der Waals surface area (Å²) in [7, 11) is 0. The fourth-order valence-electron chi connectivity index (χ4n) is 2.02. The molecule has 1 aliphatic rings. The van der Waals surface area contributed by atoms with Crippen molar-refractivity contribution >= 4 is 0 Å². The minimum Gasteiger partial charge on any atom is -0.395 e. The van der Waals surface area contributed by atoms with Crippen LogP contribution in [-0.2, 0) is 15.6 Å². The lowest BCUT2D eigenvalue weighted by Crippen LogP contribution is -2.49. The zero-order valence-electron chi connectivity index (χ0n) is 10.3. The second-order valence-corrected chi connectivity index (χ2v) is 5.76. The summed E-state index contributed by atoms with van der Waals surface area (Å²) in [6.07, 6.45) is 0. The molecule has 1 fully saturated rings. The van der Waals surface area contributed by atoms with E-state index in [1.54, 1.807) is 0 Å². The standard InChI is InChI=1S/C14H20O2/c1-13(2,3)11-4-6-12(7-5-11)14(8-15)9-16-10-14/h4-7,15H,8-10H2,1-3H3. The number of aliphatic hydroxyl groups is 1. The first-order valence-electron chi connectivity index (χ1n) is 5.78. The molecule has 0 atom stereocenters. The molecule has 0 amide bonds. The Balaban J connectivity index is 2.26. The van der Waals surface area contributed by atoms with Crippen LogP contribution in [0.4, 0.5) is 0 Å². The number of aliphatic hydroxyl groups excluding tert-OH is 1. The molecular formula is C14H20O2. The fraction of sp³-hybridized carbons (Fsp3) is 0.571. The first-order valence-corrected chi connectivity index (χ1v) is 5.78. The van der Waals surface area contributed by atoms with Crippen LogP contribution in [0.2, 0.25) is 0 Å². The fourth-order valence-corrected chi connectivity index (χ4v) is 2.02. The number of hydrogen-bond donors (Lipinski definition) is 1. The molecule has 16 heavy (non-hydrogen) atoms. The third-order valence-electron chi connectivity index (χ3n) is 3.42. The molecule has 0 bridgehead atoms. The van der Waals surface area contributed by atoms with Gasteiger partial charge >= 0.3 is 0 Å². The molecule has 88 valence electrons. The van der Waals surface area contributed by atoms with Gasteiger partial charge in [-0.3, -0.25) is 0 Å². The second-order valence-electron chi connectivity index (χ2n) is 5.76. The van der Waals surface area contributed by atoms with Gasteiger partial charge in [-0.15, -0.1) is 0 Å². The molecule has 2 nitrogen and oxygen atoms in total. The van der Waals surface area contributed by atoms with E-state index in [1.165, 1.54) is 11.1 Å². The molecule has 2 heteroatoms. The molecule has 1 aromatic rings. The van der Waals surface area contributed by atoms with Crippen molar-refractivity contribution in [3.05, 3.63) is 35.4 Å². The Morgan fingerprint density at radius 2 is 1.75 bits per heavy atom. The van der Waals surface area contributed by atoms with Crippen molar-refractivity contribution in [2.75, 3.05) is 19.8 Å². The highest BCUT2D eigenvalue weighted by Crippen LogP contribution is 2.33. The molecule has 1 saturated heterocycles. The molecule has 0 spiro atoms. The Bertz CT molecular complexity index is 350. The van der Waals surface area contributed by atoms with Gasteiger partial charge < -0.3 is 9.84 Å². The van der Waals surface area contributed by atoms with Crippen molar-refractivity contribution in [1.29, 1.82) is 0 Å². The minimum atomic E-state index is -0.142. The Hall–Kier alpha value is -0.860. The average molecular weight is 220 g/mol. The predicted octanol–water partition coefficient (Wildman–Crippen LogP) is 2.24. The van der Waals surface area contributed by atoms with Crippen molar-refractivity contribution in [3.8, 4) is 0 Å². The lowest BCUT2D eigenvalue weighted by Gasteiger charge is -2.40. The summed E-state index contributed by atoms with van der Waals surface area (Å²) in [6, 6.07) is 8.56. The number of rotatable bonds is 2. The first-order chi connectivity index (χ1) is 7.48. The molecule has 1 aromatic carbocycles. The molecule has 0 radical (unpaired) electrons. The number of hydrogen-bond acceptors (Lipinski definition) is 2. The van der Waals surface area contributed by atoms with Crippen LogP contribution in [0.5, 0.6) is 0 Å². The Morgan fingerprint density at radius 3 is 2.06 bits per heavy atom. The van der Waals surface area contributed by atoms with Crippen LogP contribution in [0, 0.1) is 0 Å². The molecule has 1 heterocycles. The van der Waals surface area contributed by atoms with Gasteiger partial charge in [0.1, 0.15) is 0 Å². The first kappa shape index (κ1) is 11.6. The summed E-state index contributed by atoms with van der Waals surface area (Å²) in [5.74, 6) is 0. The van der Waals surface area contributed by atoms with Gasteiger partial charge in [0.2, 0.25) is 0 Å². The third-order valence-corrected chi connectivity index (χ3v) is 3.42. The molecule has 0 aliphatic carbocycles. The van der Waals surface area contributed by atoms with Crippen LogP contribution in [0.1, 0.15) is 31.9 Å². The molecule has 0 unspecified atom stereocenters. The van der Waals surface area contributed by atoms with Crippen LogP contribution in [-0.4, -0.2) is 24.9 Å². The second kappa shape index (κ2) is 3.86. The highest BCUT2D eigenvalue weighted by molar-refractivity contribution is 5.33. The van der Waals surface area contributed by atoms with Crippen molar-refractivity contribution < 1.29 is 9.84 Å². The van der Waals surface area contributed by atoms with Gasteiger partial charge in [-0.1, -0.05) is 45.0 Å². The lowest BCUT2D eigenvalue weighted by molar-refractivity contribution is -0.0841. The normalized spacial score (nSPS) is 19.2. The van der Waals surface area contributed by atoms with Crippen LogP contribution >= 0.6 is 0 Å². The van der Waals surface area contributed by atoms with Crippen LogP contribution in [0.3, 0.4) is 0 Å². The quantitative estimate of drug-likeness (QED) is 0.828. The smallest absolute Gasteiger partial charge is 0.0651 e. The Labute approximate surface area is 97.3 Å². The molecule has 2 rings (SSSR count). The summed E-state index contributed by atoms with van der Waals surface area (Å²) < 4.78 is 5.22. The van der Waals surface area contributed by atoms with E-state index in [9.17, 15) is 5.11 Å². The summed E-state index contributed by atoms with van der Waals surface area (Å²) in [6.45, 7) is 8.06. The maximum Gasteiger partial charge on any atom is 0.0651 e. The van der Waals surface area contributed by atoms with Crippen LogP contribution in [0.15, 0.2) is 24.3 Å². The molecular weight excluding hydrogens is 200 g/mol. The van der Waals surface area contributed by atoms with Gasteiger partial charge in [0.15, 0.2) is 0 Å². The zero-order chi connectivity index (χ0) is 11.8. The van der Waals surface area contributed by atoms with Crippen LogP contribution < -0.4 is 0 Å². The molecule has 0 saturated carbocycles. The predicted molar refractivity (Wildman–Crippen MR) is 64.7 cm³/mol. The van der Waals surface area contributed by atoms with Crippen LogP contribution in [0.25, 0.3) is 0 Å². The van der Waals surface area contributed by atoms with E-state index in [0.717, 1.165) is 0 Å². The average Bonchev–Trinajstić information content (AvgIpc) is 2.16. The molecule has 1 aliphatic heterocycles. The summed E-state index contributed by atoms with van der Waals surface area (Å²) in [5.41, 5.74) is 2.55. The van der Waals surface area contributed by atoms with Gasteiger partial charge in [0.05, 0.1) is 25.2 Å². The number of ether oxygens (including phenoxy) is 1. The van der Waals surface area contributed by atoms with E-state index in [-0.39, 0.29) is 17.4 Å². The number of benzene rings is 1. The SMILES string of the molecule is CC(C)(C)c1ccc(C2(CO)COC2)cc1. The van der Waals surface area contributed by atoms with Gasteiger partial charge in [-0.05, 0) is 16.5 Å². The third kappa shape index (κ3) is 1.87. The largest absolute Gasteiger partial charge is 0.395 e. The van der Waals surface area contributed by atoms with E-state index in [4.69, 9.17) is 4.74 Å². The maximum absolute atomic E-state index is 9.44. The van der Waals surface area contributed by atoms with Gasteiger partial charge in [0.25, 0.3) is 0 Å². The van der Waals surface area contributed by atoms with Crippen molar-refractivity contribution in [1.82, 2.24) is 0 Å². The van der Waals surface area contributed by atoms with Crippen molar-refractivity contribution in [3.63, 3.8) is 0 Å². The Kier molecular flexibility index (Phi) is 2.81. The highest BCUT2D eigenvalue weighted by atomic mass is 16.5. The summed E-state index contributed by atoms with van der Waals surface area (Å²) in [5, 5.41) is 9.44. The molecule has 0 aromatic heterocycles. The van der Waals surface area contributed by atoms with Crippen molar-refractivity contribution in [2.24, 2.45) is 0 Å². The minimum absolute atomic E-state index is 0.142. The zero-order valence-corrected chi connectivity index (χ0v) is 10.3. The van der Waals surface area contributed by atoms with E-state index in [0.29, 0.717) is 13.2 Å². The van der Waals surface area contributed by atoms with Gasteiger partial charge in [-0.25, -0.2) is 0 Å². The molecule has 1 N–H and O–H groups in total.